The molecule has 2 aromatic rings. The van der Waals surface area contributed by atoms with Crippen LogP contribution in [-0.4, -0.2) is 15.1 Å². The average molecular weight is 342 g/mol. The van der Waals surface area contributed by atoms with E-state index in [-0.39, 0.29) is 11.4 Å². The Balaban J connectivity index is 2.30. The minimum absolute atomic E-state index is 0.183. The molecule has 0 unspecified atom stereocenters. The van der Waals surface area contributed by atoms with Crippen molar-refractivity contribution in [1.82, 2.24) is 9.97 Å². The van der Waals surface area contributed by atoms with Crippen molar-refractivity contribution < 1.29 is 5.11 Å². The highest BCUT2D eigenvalue weighted by molar-refractivity contribution is 9.10. The molecule has 7 heteroatoms. The van der Waals surface area contributed by atoms with Gasteiger partial charge in [-0.05, 0) is 40.5 Å². The van der Waals surface area contributed by atoms with Crippen LogP contribution in [0.25, 0.3) is 0 Å². The van der Waals surface area contributed by atoms with Gasteiger partial charge < -0.3 is 15.8 Å². The predicted molar refractivity (Wildman–Crippen MR) is 78.2 cm³/mol. The fourth-order valence-corrected chi connectivity index (χ4v) is 2.91. The lowest BCUT2D eigenvalue weighted by Crippen LogP contribution is -2.09. The van der Waals surface area contributed by atoms with Crippen LogP contribution >= 0.6 is 27.7 Å². The van der Waals surface area contributed by atoms with Gasteiger partial charge in [-0.2, -0.15) is 0 Å². The number of nitrogens with two attached hydrogens (primary N) is 1. The van der Waals surface area contributed by atoms with Crippen LogP contribution in [0.3, 0.4) is 0 Å². The van der Waals surface area contributed by atoms with E-state index < -0.39 is 6.10 Å². The standard InChI is InChI=1S/C12H12BrN3O2S/c1-6(17)7-2-3-9(8(13)4-7)19-12-15-10(14)5-11(18)16-12/h2-6,17H,1H3,(H3,14,15,16,18)/t6-/m1/s1. The molecule has 1 atom stereocenters. The fourth-order valence-electron chi connectivity index (χ4n) is 1.47. The van der Waals surface area contributed by atoms with Gasteiger partial charge in [0.2, 0.25) is 0 Å². The van der Waals surface area contributed by atoms with Gasteiger partial charge in [-0.1, -0.05) is 17.8 Å². The van der Waals surface area contributed by atoms with Gasteiger partial charge in [0.25, 0.3) is 5.56 Å². The minimum atomic E-state index is -0.527. The lowest BCUT2D eigenvalue weighted by atomic mass is 10.1. The third kappa shape index (κ3) is 3.59. The third-order valence-electron chi connectivity index (χ3n) is 2.38. The van der Waals surface area contributed by atoms with Crippen LogP contribution in [0.5, 0.6) is 0 Å². The van der Waals surface area contributed by atoms with Gasteiger partial charge >= 0.3 is 0 Å². The summed E-state index contributed by atoms with van der Waals surface area (Å²) in [7, 11) is 0. The molecule has 0 aliphatic heterocycles. The van der Waals surface area contributed by atoms with Gasteiger partial charge in [-0.3, -0.25) is 4.79 Å². The number of nitrogen functional groups attached to an aromatic ring is 1. The average Bonchev–Trinajstić information content (AvgIpc) is 2.30. The maximum Gasteiger partial charge on any atom is 0.253 e. The smallest absolute Gasteiger partial charge is 0.253 e. The summed E-state index contributed by atoms with van der Waals surface area (Å²) in [5, 5.41) is 9.92. The molecule has 1 heterocycles. The summed E-state index contributed by atoms with van der Waals surface area (Å²) >= 11 is 4.71. The molecular formula is C12H12BrN3O2S. The first-order valence-corrected chi connectivity index (χ1v) is 7.09. The molecule has 0 amide bonds. The second kappa shape index (κ2) is 5.77. The van der Waals surface area contributed by atoms with Gasteiger partial charge in [-0.25, -0.2) is 4.98 Å². The van der Waals surface area contributed by atoms with Crippen molar-refractivity contribution in [2.45, 2.75) is 23.1 Å². The summed E-state index contributed by atoms with van der Waals surface area (Å²) in [6, 6.07) is 6.73. The molecule has 2 rings (SSSR count). The van der Waals surface area contributed by atoms with Crippen molar-refractivity contribution >= 4 is 33.5 Å². The van der Waals surface area contributed by atoms with Gasteiger partial charge in [0.05, 0.1) is 6.10 Å². The van der Waals surface area contributed by atoms with Crippen molar-refractivity contribution in [1.29, 1.82) is 0 Å². The number of halogens is 1. The number of anilines is 1. The molecule has 0 bridgehead atoms. The van der Waals surface area contributed by atoms with E-state index in [4.69, 9.17) is 5.73 Å². The lowest BCUT2D eigenvalue weighted by molar-refractivity contribution is 0.199. The van der Waals surface area contributed by atoms with Crippen LogP contribution in [0.1, 0.15) is 18.6 Å². The highest BCUT2D eigenvalue weighted by Crippen LogP contribution is 2.33. The van der Waals surface area contributed by atoms with E-state index in [1.54, 1.807) is 6.92 Å². The van der Waals surface area contributed by atoms with E-state index in [9.17, 15) is 9.90 Å². The van der Waals surface area contributed by atoms with Crippen LogP contribution in [0.15, 0.2) is 43.6 Å². The maximum atomic E-state index is 11.3. The summed E-state index contributed by atoms with van der Waals surface area (Å²) in [5.74, 6) is 0.183. The molecule has 0 aliphatic carbocycles. The maximum absolute atomic E-state index is 11.3. The molecule has 0 saturated heterocycles. The number of H-pyrrole nitrogens is 1. The molecule has 1 aromatic heterocycles. The number of aliphatic hydroxyl groups excluding tert-OH is 1. The van der Waals surface area contributed by atoms with Crippen molar-refractivity contribution in [3.63, 3.8) is 0 Å². The molecule has 100 valence electrons. The third-order valence-corrected chi connectivity index (χ3v) is 4.27. The van der Waals surface area contributed by atoms with Crippen LogP contribution in [-0.2, 0) is 0 Å². The normalized spacial score (nSPS) is 12.4. The van der Waals surface area contributed by atoms with Crippen LogP contribution in [0, 0.1) is 0 Å². The number of aromatic amines is 1. The van der Waals surface area contributed by atoms with Crippen LogP contribution in [0.4, 0.5) is 5.82 Å². The second-order valence-corrected chi connectivity index (χ2v) is 5.83. The Labute approximate surface area is 122 Å². The van der Waals surface area contributed by atoms with Gasteiger partial charge in [0, 0.05) is 15.4 Å². The first kappa shape index (κ1) is 14.1. The predicted octanol–water partition coefficient (Wildman–Crippen LogP) is 2.32. The quantitative estimate of drug-likeness (QED) is 0.745. The number of aliphatic hydroxyl groups is 1. The Morgan fingerprint density at radius 1 is 1.47 bits per heavy atom. The van der Waals surface area contributed by atoms with Gasteiger partial charge in [-0.15, -0.1) is 0 Å². The molecule has 0 aliphatic rings. The number of benzene rings is 1. The van der Waals surface area contributed by atoms with Crippen molar-refractivity contribution in [2.75, 3.05) is 5.73 Å². The Hall–Kier alpha value is -1.31. The minimum Gasteiger partial charge on any atom is -0.389 e. The SMILES string of the molecule is C[C@@H](O)c1ccc(Sc2nc(N)cc(=O)[nH]2)c(Br)c1. The fraction of sp³-hybridized carbons (Fsp3) is 0.167. The largest absolute Gasteiger partial charge is 0.389 e. The lowest BCUT2D eigenvalue weighted by Gasteiger charge is -2.08. The van der Waals surface area contributed by atoms with Gasteiger partial charge in [0.15, 0.2) is 5.16 Å². The molecule has 4 N–H and O–H groups in total. The zero-order chi connectivity index (χ0) is 14.0. The molecule has 0 spiro atoms. The summed E-state index contributed by atoms with van der Waals surface area (Å²) < 4.78 is 0.820. The number of nitrogens with one attached hydrogen (secondary N) is 1. The summed E-state index contributed by atoms with van der Waals surface area (Å²) in [6.45, 7) is 1.70. The summed E-state index contributed by atoms with van der Waals surface area (Å²) in [4.78, 5) is 18.8. The van der Waals surface area contributed by atoms with Crippen molar-refractivity contribution in [3.8, 4) is 0 Å². The molecule has 19 heavy (non-hydrogen) atoms. The van der Waals surface area contributed by atoms with E-state index in [0.717, 1.165) is 14.9 Å². The molecular weight excluding hydrogens is 330 g/mol. The molecule has 1 aromatic carbocycles. The van der Waals surface area contributed by atoms with Gasteiger partial charge in [0.1, 0.15) is 5.82 Å². The number of nitrogens with zero attached hydrogens (tertiary/aromatic N) is 1. The van der Waals surface area contributed by atoms with Crippen molar-refractivity contribution in [2.24, 2.45) is 0 Å². The van der Waals surface area contributed by atoms with E-state index in [1.807, 2.05) is 18.2 Å². The Morgan fingerprint density at radius 3 is 2.79 bits per heavy atom. The zero-order valence-electron chi connectivity index (χ0n) is 10.1. The second-order valence-electron chi connectivity index (χ2n) is 3.94. The van der Waals surface area contributed by atoms with Crippen LogP contribution < -0.4 is 11.3 Å². The first-order chi connectivity index (χ1) is 8.95. The Bertz CT molecular complexity index is 658. The summed E-state index contributed by atoms with van der Waals surface area (Å²) in [6.07, 6.45) is -0.527. The monoisotopic (exact) mass is 341 g/mol. The van der Waals surface area contributed by atoms with E-state index in [1.165, 1.54) is 17.8 Å². The topological polar surface area (TPSA) is 92.0 Å². The van der Waals surface area contributed by atoms with E-state index in [2.05, 4.69) is 25.9 Å². The Morgan fingerprint density at radius 2 is 2.21 bits per heavy atom. The number of hydrogen-bond donors (Lipinski definition) is 3. The molecule has 0 saturated carbocycles. The zero-order valence-corrected chi connectivity index (χ0v) is 12.5. The number of aromatic nitrogens is 2. The molecule has 0 fully saturated rings. The van der Waals surface area contributed by atoms with E-state index in [0.29, 0.717) is 5.16 Å². The highest BCUT2D eigenvalue weighted by atomic mass is 79.9. The van der Waals surface area contributed by atoms with Crippen LogP contribution in [0.2, 0.25) is 0 Å². The number of rotatable bonds is 3. The van der Waals surface area contributed by atoms with Crippen molar-refractivity contribution in [3.05, 3.63) is 44.7 Å². The highest BCUT2D eigenvalue weighted by Gasteiger charge is 2.08. The molecule has 0 radical (unpaired) electrons. The number of hydrogen-bond acceptors (Lipinski definition) is 5. The Kier molecular flexibility index (Phi) is 4.28. The first-order valence-electron chi connectivity index (χ1n) is 5.48. The summed E-state index contributed by atoms with van der Waals surface area (Å²) in [5.41, 5.74) is 6.05. The van der Waals surface area contributed by atoms with E-state index >= 15 is 0 Å². The molecule has 5 nitrogen and oxygen atoms in total.